The van der Waals surface area contributed by atoms with Gasteiger partial charge >= 0.3 is 5.97 Å². The third kappa shape index (κ3) is 8.24. The van der Waals surface area contributed by atoms with Gasteiger partial charge in [-0.1, -0.05) is 30.4 Å². The molecule has 1 aliphatic rings. The van der Waals surface area contributed by atoms with Crippen molar-refractivity contribution in [2.24, 2.45) is 0 Å². The Hall–Kier alpha value is -4.54. The largest absolute Gasteiger partial charge is 0.490 e. The fraction of sp³-hybridized carbons (Fsp3) is 0.429. The Labute approximate surface area is 306 Å². The van der Waals surface area contributed by atoms with Crippen LogP contribution in [0.1, 0.15) is 76.7 Å². The molecule has 4 aromatic rings. The zero-order valence-electron chi connectivity index (χ0n) is 31.6. The second-order valence-corrected chi connectivity index (χ2v) is 14.8. The van der Waals surface area contributed by atoms with Crippen LogP contribution in [0.4, 0.5) is 14.6 Å². The Balaban J connectivity index is 1.69. The van der Waals surface area contributed by atoms with Crippen molar-refractivity contribution >= 4 is 17.4 Å². The normalized spacial score (nSPS) is 15.7. The molecule has 0 saturated carbocycles. The molecule has 0 radical (unpaired) electrons. The highest BCUT2D eigenvalue weighted by Crippen LogP contribution is 2.42. The number of halogens is 2. The van der Waals surface area contributed by atoms with Crippen LogP contribution in [-0.2, 0) is 19.0 Å². The fourth-order valence-electron chi connectivity index (χ4n) is 6.79. The van der Waals surface area contributed by atoms with Crippen LogP contribution >= 0.6 is 0 Å². The van der Waals surface area contributed by atoms with E-state index < -0.39 is 29.3 Å². The molecule has 2 aromatic carbocycles. The molecule has 2 atom stereocenters. The lowest BCUT2D eigenvalue weighted by atomic mass is 9.92. The summed E-state index contributed by atoms with van der Waals surface area (Å²) in [5.41, 5.74) is 4.21. The Bertz CT molecular complexity index is 1960. The van der Waals surface area contributed by atoms with Crippen molar-refractivity contribution in [2.75, 3.05) is 31.7 Å². The molecule has 278 valence electrons. The van der Waals surface area contributed by atoms with E-state index in [2.05, 4.69) is 25.0 Å². The maximum Gasteiger partial charge on any atom is 0.339 e. The van der Waals surface area contributed by atoms with Crippen molar-refractivity contribution in [3.05, 3.63) is 96.2 Å². The number of carbonyl (C=O) groups excluding carboxylic acids is 1. The maximum atomic E-state index is 15.5. The number of methoxy groups -OCH3 is 1. The van der Waals surface area contributed by atoms with Gasteiger partial charge < -0.3 is 23.8 Å². The summed E-state index contributed by atoms with van der Waals surface area (Å²) in [7, 11) is 1.37. The first kappa shape index (κ1) is 38.7. The number of esters is 1. The summed E-state index contributed by atoms with van der Waals surface area (Å²) in [6.07, 6.45) is 6.07. The second-order valence-electron chi connectivity index (χ2n) is 14.8. The van der Waals surface area contributed by atoms with E-state index in [9.17, 15) is 9.18 Å². The van der Waals surface area contributed by atoms with Gasteiger partial charge in [-0.25, -0.2) is 18.6 Å². The number of piperidine rings is 1. The quantitative estimate of drug-likeness (QED) is 0.101. The minimum absolute atomic E-state index is 0.110. The molecule has 3 heterocycles. The highest BCUT2D eigenvalue weighted by molar-refractivity contribution is 5.82. The van der Waals surface area contributed by atoms with Gasteiger partial charge in [0.2, 0.25) is 0 Å². The molecule has 0 spiro atoms. The van der Waals surface area contributed by atoms with Gasteiger partial charge in [-0.2, -0.15) is 0 Å². The van der Waals surface area contributed by atoms with Gasteiger partial charge in [-0.3, -0.25) is 4.40 Å². The van der Waals surface area contributed by atoms with Crippen LogP contribution in [0.25, 0.3) is 28.0 Å². The summed E-state index contributed by atoms with van der Waals surface area (Å²) >= 11 is 0. The van der Waals surface area contributed by atoms with Crippen LogP contribution in [-0.4, -0.2) is 59.5 Å². The van der Waals surface area contributed by atoms with E-state index in [0.717, 1.165) is 41.4 Å². The van der Waals surface area contributed by atoms with Crippen molar-refractivity contribution in [1.29, 1.82) is 0 Å². The number of imidazole rings is 1. The van der Waals surface area contributed by atoms with Crippen molar-refractivity contribution in [3.8, 4) is 28.1 Å². The van der Waals surface area contributed by atoms with Gasteiger partial charge in [-0.05, 0) is 84.1 Å². The topological polar surface area (TPSA) is 74.5 Å². The van der Waals surface area contributed by atoms with E-state index in [1.165, 1.54) is 13.2 Å². The van der Waals surface area contributed by atoms with Gasteiger partial charge in [0.15, 0.2) is 6.10 Å². The molecule has 52 heavy (non-hydrogen) atoms. The summed E-state index contributed by atoms with van der Waals surface area (Å²) in [6.45, 7) is 23.0. The van der Waals surface area contributed by atoms with Crippen LogP contribution in [0.3, 0.4) is 0 Å². The first-order valence-electron chi connectivity index (χ1n) is 17.7. The molecule has 8 nitrogen and oxygen atoms in total. The van der Waals surface area contributed by atoms with Crippen LogP contribution in [0.2, 0.25) is 0 Å². The molecule has 10 heteroatoms. The number of benzene rings is 2. The summed E-state index contributed by atoms with van der Waals surface area (Å²) in [5, 5.41) is 0. The summed E-state index contributed by atoms with van der Waals surface area (Å²) < 4.78 is 55.9. The first-order chi connectivity index (χ1) is 24.6. The lowest BCUT2D eigenvalue weighted by molar-refractivity contribution is -0.164. The van der Waals surface area contributed by atoms with Gasteiger partial charge in [-0.15, -0.1) is 13.2 Å². The molecule has 1 aliphatic heterocycles. The molecule has 2 aromatic heterocycles. The van der Waals surface area contributed by atoms with Crippen molar-refractivity contribution in [1.82, 2.24) is 9.38 Å². The molecule has 0 unspecified atom stereocenters. The monoisotopic (exact) mass is 715 g/mol. The number of aryl methyl sites for hydroxylation is 1. The third-order valence-corrected chi connectivity index (χ3v) is 9.59. The Morgan fingerprint density at radius 1 is 1.06 bits per heavy atom. The number of fused-ring (bicyclic) bond motifs is 1. The third-order valence-electron chi connectivity index (χ3n) is 9.59. The SMILES string of the molecule is C=CCOC1(C)CCN(c2c([C@H](OC(C)(C)C)C(=O)OC)c(C)c(C)c3nc(-c4cccc(-c5c(F)cc(F)cc5O[C@@H](C)CC=C)c4)cn23)CC1. The number of anilines is 1. The smallest absolute Gasteiger partial charge is 0.339 e. The van der Waals surface area contributed by atoms with E-state index >= 15 is 4.39 Å². The Kier molecular flexibility index (Phi) is 11.6. The average molecular weight is 716 g/mol. The predicted molar refractivity (Wildman–Crippen MR) is 202 cm³/mol. The van der Waals surface area contributed by atoms with E-state index in [1.54, 1.807) is 18.2 Å². The molecular weight excluding hydrogens is 664 g/mol. The standard InChI is InChI=1S/C42H51F2N3O5/c1-11-14-26(3)51-34-24-31(43)23-32(44)36(34)30-16-13-15-29(22-30)33-25-47-38(45-33)28(5)27(4)35(37(40(48)49-10)52-41(6,7)8)39(47)46-19-17-42(9,18-20-46)50-21-12-2/h11-13,15-16,22-26,37H,1-2,14,17-21H2,3-10H3/t26-,37-/m0/s1. The van der Waals surface area contributed by atoms with Crippen LogP contribution in [0.5, 0.6) is 5.75 Å². The summed E-state index contributed by atoms with van der Waals surface area (Å²) in [5.74, 6) is -1.05. The van der Waals surface area contributed by atoms with E-state index in [1.807, 2.05) is 70.3 Å². The van der Waals surface area contributed by atoms with Gasteiger partial charge in [0.25, 0.3) is 0 Å². The highest BCUT2D eigenvalue weighted by Gasteiger charge is 2.38. The van der Waals surface area contributed by atoms with Gasteiger partial charge in [0, 0.05) is 49.0 Å². The zero-order valence-corrected chi connectivity index (χ0v) is 31.6. The minimum Gasteiger partial charge on any atom is -0.490 e. The van der Waals surface area contributed by atoms with Gasteiger partial charge in [0.05, 0.1) is 42.3 Å². The minimum atomic E-state index is -1.01. The predicted octanol–water partition coefficient (Wildman–Crippen LogP) is 9.50. The number of hydrogen-bond acceptors (Lipinski definition) is 7. The number of pyridine rings is 1. The molecule has 5 rings (SSSR count). The van der Waals surface area contributed by atoms with Crippen LogP contribution in [0, 0.1) is 25.5 Å². The Morgan fingerprint density at radius 2 is 1.75 bits per heavy atom. The average Bonchev–Trinajstić information content (AvgIpc) is 3.53. The van der Waals surface area contributed by atoms with Crippen molar-refractivity contribution in [2.45, 2.75) is 91.1 Å². The molecule has 0 N–H and O–H groups in total. The molecule has 0 amide bonds. The number of hydrogen-bond donors (Lipinski definition) is 0. The number of ether oxygens (including phenoxy) is 4. The lowest BCUT2D eigenvalue weighted by Crippen LogP contribution is -2.45. The fourth-order valence-corrected chi connectivity index (χ4v) is 6.79. The van der Waals surface area contributed by atoms with Crippen molar-refractivity contribution < 1.29 is 32.5 Å². The molecule has 1 saturated heterocycles. The first-order valence-corrected chi connectivity index (χ1v) is 17.7. The molecule has 0 aliphatic carbocycles. The lowest BCUT2D eigenvalue weighted by Gasteiger charge is -2.41. The molecule has 1 fully saturated rings. The van der Waals surface area contributed by atoms with E-state index in [0.29, 0.717) is 48.6 Å². The summed E-state index contributed by atoms with van der Waals surface area (Å²) in [6, 6.07) is 9.39. The summed E-state index contributed by atoms with van der Waals surface area (Å²) in [4.78, 5) is 20.9. The van der Waals surface area contributed by atoms with Crippen molar-refractivity contribution in [3.63, 3.8) is 0 Å². The Morgan fingerprint density at radius 3 is 2.38 bits per heavy atom. The zero-order chi connectivity index (χ0) is 38.0. The van der Waals surface area contributed by atoms with Crippen LogP contribution in [0.15, 0.2) is 67.9 Å². The number of rotatable bonds is 13. The number of carbonyl (C=O) groups is 1. The van der Waals surface area contributed by atoms with Crippen LogP contribution < -0.4 is 9.64 Å². The number of aromatic nitrogens is 2. The van der Waals surface area contributed by atoms with Gasteiger partial charge in [0.1, 0.15) is 28.8 Å². The van der Waals surface area contributed by atoms with E-state index in [-0.39, 0.29) is 23.0 Å². The second kappa shape index (κ2) is 15.6. The molecular formula is C42H51F2N3O5. The van der Waals surface area contributed by atoms with E-state index in [4.69, 9.17) is 23.9 Å². The number of nitrogens with zero attached hydrogens (tertiary/aromatic N) is 3. The highest BCUT2D eigenvalue weighted by atomic mass is 19.1. The molecule has 0 bridgehead atoms. The maximum absolute atomic E-state index is 15.5.